The van der Waals surface area contributed by atoms with Gasteiger partial charge in [-0.3, -0.25) is 4.79 Å². The van der Waals surface area contributed by atoms with Gasteiger partial charge in [-0.15, -0.1) is 0 Å². The summed E-state index contributed by atoms with van der Waals surface area (Å²) in [5.41, 5.74) is 13.1. The van der Waals surface area contributed by atoms with Crippen LogP contribution in [-0.4, -0.2) is 21.6 Å². The Morgan fingerprint density at radius 2 is 1.55 bits per heavy atom. The van der Waals surface area contributed by atoms with E-state index < -0.39 is 5.25 Å². The van der Waals surface area contributed by atoms with Crippen LogP contribution in [0.1, 0.15) is 21.9 Å². The SMILES string of the molecule is COc1ccc(C2Sc3nc4nc(-c5ccc(C)cc5)cc(-c5ccc(C)cc5)c4c(=O)n3C(N)=C2C#N)cc1. The lowest BCUT2D eigenvalue weighted by Gasteiger charge is -2.26. The zero-order valence-electron chi connectivity index (χ0n) is 22.2. The van der Waals surface area contributed by atoms with E-state index in [-0.39, 0.29) is 11.4 Å². The average molecular weight is 544 g/mol. The number of hydrogen-bond donors (Lipinski definition) is 1. The lowest BCUT2D eigenvalue weighted by Crippen LogP contribution is -2.31. The molecule has 40 heavy (non-hydrogen) atoms. The van der Waals surface area contributed by atoms with Gasteiger partial charge in [0.25, 0.3) is 5.56 Å². The Hall–Kier alpha value is -4.87. The Kier molecular flexibility index (Phi) is 6.37. The number of aryl methyl sites for hydroxylation is 2. The maximum absolute atomic E-state index is 14.2. The molecule has 7 nitrogen and oxygen atoms in total. The Balaban J connectivity index is 1.61. The van der Waals surface area contributed by atoms with Gasteiger partial charge in [0.15, 0.2) is 10.8 Å². The highest BCUT2D eigenvalue weighted by atomic mass is 32.2. The minimum absolute atomic E-state index is 0.0777. The summed E-state index contributed by atoms with van der Waals surface area (Å²) in [4.78, 5) is 23.9. The molecule has 5 aromatic rings. The first-order chi connectivity index (χ1) is 19.4. The van der Waals surface area contributed by atoms with Gasteiger partial charge >= 0.3 is 0 Å². The smallest absolute Gasteiger partial charge is 0.270 e. The molecule has 3 aromatic carbocycles. The fourth-order valence-electron chi connectivity index (χ4n) is 4.84. The van der Waals surface area contributed by atoms with Crippen LogP contribution in [0.4, 0.5) is 0 Å². The van der Waals surface area contributed by atoms with Gasteiger partial charge in [-0.05, 0) is 43.2 Å². The van der Waals surface area contributed by atoms with Crippen LogP contribution in [0, 0.1) is 25.2 Å². The summed E-state index contributed by atoms with van der Waals surface area (Å²) < 4.78 is 6.63. The first-order valence-electron chi connectivity index (χ1n) is 12.7. The molecule has 0 radical (unpaired) electrons. The number of aromatic nitrogens is 3. The lowest BCUT2D eigenvalue weighted by atomic mass is 9.99. The van der Waals surface area contributed by atoms with Crippen LogP contribution in [0.3, 0.4) is 0 Å². The molecule has 1 atom stereocenters. The molecule has 196 valence electrons. The molecule has 2 N–H and O–H groups in total. The fraction of sp³-hybridized carbons (Fsp3) is 0.125. The third kappa shape index (κ3) is 4.31. The molecule has 0 amide bonds. The molecule has 1 unspecified atom stereocenters. The molecule has 3 heterocycles. The summed E-state index contributed by atoms with van der Waals surface area (Å²) in [6.07, 6.45) is 0. The molecule has 0 bridgehead atoms. The van der Waals surface area contributed by atoms with Gasteiger partial charge in [0.1, 0.15) is 17.6 Å². The lowest BCUT2D eigenvalue weighted by molar-refractivity contribution is 0.414. The number of nitriles is 1. The summed E-state index contributed by atoms with van der Waals surface area (Å²) >= 11 is 1.31. The van der Waals surface area contributed by atoms with Crippen molar-refractivity contribution in [3.63, 3.8) is 0 Å². The molecule has 1 aliphatic rings. The van der Waals surface area contributed by atoms with Gasteiger partial charge in [-0.1, -0.05) is 83.6 Å². The first-order valence-corrected chi connectivity index (χ1v) is 13.6. The predicted molar refractivity (Wildman–Crippen MR) is 159 cm³/mol. The first kappa shape index (κ1) is 25.4. The molecule has 2 aromatic heterocycles. The van der Waals surface area contributed by atoms with Crippen molar-refractivity contribution in [2.45, 2.75) is 24.3 Å². The Labute approximate surface area is 235 Å². The zero-order valence-corrected chi connectivity index (χ0v) is 23.0. The minimum atomic E-state index is -0.433. The van der Waals surface area contributed by atoms with Crippen molar-refractivity contribution in [3.8, 4) is 34.2 Å². The number of rotatable bonds is 4. The van der Waals surface area contributed by atoms with Crippen molar-refractivity contribution in [2.75, 3.05) is 7.11 Å². The maximum Gasteiger partial charge on any atom is 0.270 e. The van der Waals surface area contributed by atoms with Crippen molar-refractivity contribution >= 4 is 28.6 Å². The average Bonchev–Trinajstić information content (AvgIpc) is 2.97. The number of methoxy groups -OCH3 is 1. The van der Waals surface area contributed by atoms with Gasteiger partial charge < -0.3 is 10.5 Å². The van der Waals surface area contributed by atoms with Crippen LogP contribution in [0.15, 0.2) is 94.4 Å². The molecule has 0 spiro atoms. The normalized spacial score (nSPS) is 14.6. The third-order valence-electron chi connectivity index (χ3n) is 7.06. The summed E-state index contributed by atoms with van der Waals surface area (Å²) in [5, 5.41) is 10.4. The predicted octanol–water partition coefficient (Wildman–Crippen LogP) is 6.25. The maximum atomic E-state index is 14.2. The topological polar surface area (TPSA) is 107 Å². The Morgan fingerprint density at radius 1 is 0.925 bits per heavy atom. The molecule has 0 saturated heterocycles. The van der Waals surface area contributed by atoms with E-state index >= 15 is 0 Å². The molecule has 0 aliphatic carbocycles. The Morgan fingerprint density at radius 3 is 2.15 bits per heavy atom. The second-order valence-corrected chi connectivity index (χ2v) is 10.8. The molecular formula is C32H25N5O2S. The van der Waals surface area contributed by atoms with E-state index in [4.69, 9.17) is 20.4 Å². The van der Waals surface area contributed by atoms with E-state index in [9.17, 15) is 10.1 Å². The second kappa shape index (κ2) is 10.0. The van der Waals surface area contributed by atoms with Crippen LogP contribution in [0.2, 0.25) is 0 Å². The number of ether oxygens (including phenoxy) is 1. The highest BCUT2D eigenvalue weighted by molar-refractivity contribution is 7.99. The number of nitrogens with zero attached hydrogens (tertiary/aromatic N) is 4. The highest BCUT2D eigenvalue weighted by Crippen LogP contribution is 2.45. The van der Waals surface area contributed by atoms with E-state index in [0.29, 0.717) is 38.8 Å². The van der Waals surface area contributed by atoms with Crippen LogP contribution >= 0.6 is 11.8 Å². The van der Waals surface area contributed by atoms with Crippen LogP contribution < -0.4 is 16.0 Å². The van der Waals surface area contributed by atoms with Crippen LogP contribution in [0.25, 0.3) is 39.2 Å². The number of thioether (sulfide) groups is 1. The zero-order chi connectivity index (χ0) is 28.0. The van der Waals surface area contributed by atoms with E-state index in [1.54, 1.807) is 7.11 Å². The summed E-state index contributed by atoms with van der Waals surface area (Å²) in [6.45, 7) is 4.05. The van der Waals surface area contributed by atoms with Gasteiger partial charge in [-0.25, -0.2) is 14.5 Å². The number of pyridine rings is 1. The van der Waals surface area contributed by atoms with E-state index in [1.165, 1.54) is 16.3 Å². The molecule has 6 rings (SSSR count). The van der Waals surface area contributed by atoms with E-state index in [0.717, 1.165) is 27.8 Å². The number of fused-ring (bicyclic) bond motifs is 2. The number of nitrogens with two attached hydrogens (primary N) is 1. The fourth-order valence-corrected chi connectivity index (χ4v) is 6.06. The van der Waals surface area contributed by atoms with Crippen molar-refractivity contribution < 1.29 is 4.74 Å². The van der Waals surface area contributed by atoms with Gasteiger partial charge in [0, 0.05) is 11.1 Å². The summed E-state index contributed by atoms with van der Waals surface area (Å²) in [6, 6.07) is 27.7. The van der Waals surface area contributed by atoms with Gasteiger partial charge in [0.2, 0.25) is 0 Å². The third-order valence-corrected chi connectivity index (χ3v) is 8.29. The van der Waals surface area contributed by atoms with E-state index in [2.05, 4.69) is 6.07 Å². The highest BCUT2D eigenvalue weighted by Gasteiger charge is 2.32. The molecule has 8 heteroatoms. The minimum Gasteiger partial charge on any atom is -0.497 e. The molecule has 1 aliphatic heterocycles. The monoisotopic (exact) mass is 543 g/mol. The molecular weight excluding hydrogens is 518 g/mol. The summed E-state index contributed by atoms with van der Waals surface area (Å²) in [5.74, 6) is 0.783. The van der Waals surface area contributed by atoms with Crippen LogP contribution in [0.5, 0.6) is 5.75 Å². The quantitative estimate of drug-likeness (QED) is 0.267. The van der Waals surface area contributed by atoms with Gasteiger partial charge in [-0.2, -0.15) is 5.26 Å². The van der Waals surface area contributed by atoms with Crippen molar-refractivity contribution in [1.29, 1.82) is 5.26 Å². The van der Waals surface area contributed by atoms with Crippen molar-refractivity contribution in [1.82, 2.24) is 14.5 Å². The largest absolute Gasteiger partial charge is 0.497 e. The molecule has 0 fully saturated rings. The van der Waals surface area contributed by atoms with E-state index in [1.807, 2.05) is 92.7 Å². The van der Waals surface area contributed by atoms with Crippen LogP contribution in [-0.2, 0) is 0 Å². The Bertz CT molecular complexity index is 1900. The van der Waals surface area contributed by atoms with Crippen molar-refractivity contribution in [2.24, 2.45) is 5.73 Å². The summed E-state index contributed by atoms with van der Waals surface area (Å²) in [7, 11) is 1.60. The standard InChI is InChI=1S/C32H25N5O2S/c1-18-4-8-20(9-5-18)24-16-26(21-10-6-19(2)7-11-21)35-30-27(24)31(38)37-29(34)25(17-33)28(40-32(37)36-30)22-12-14-23(39-3)15-13-22/h4-16,28H,34H2,1-3H3. The number of benzene rings is 3. The van der Waals surface area contributed by atoms with Crippen molar-refractivity contribution in [3.05, 3.63) is 111 Å². The second-order valence-electron chi connectivity index (χ2n) is 9.70. The number of hydrogen-bond acceptors (Lipinski definition) is 7. The van der Waals surface area contributed by atoms with Gasteiger partial charge in [0.05, 0.1) is 29.0 Å². The molecule has 0 saturated carbocycles.